The third kappa shape index (κ3) is 13.6. The molecule has 0 aliphatic carbocycles. The van der Waals surface area contributed by atoms with Crippen LogP contribution in [0.1, 0.15) is 94.4 Å². The van der Waals surface area contributed by atoms with Crippen LogP contribution >= 0.6 is 11.3 Å². The Kier molecular flexibility index (Phi) is 17.9. The Labute approximate surface area is 267 Å². The van der Waals surface area contributed by atoms with E-state index in [1.165, 1.54) is 75.5 Å². The van der Waals surface area contributed by atoms with Gasteiger partial charge >= 0.3 is 0 Å². The number of halogens is 1. The second-order valence-corrected chi connectivity index (χ2v) is 11.8. The number of thiazole rings is 1. The van der Waals surface area contributed by atoms with E-state index in [9.17, 15) is 4.79 Å². The number of nitrogens with zero attached hydrogens (tertiary/aromatic N) is 1. The van der Waals surface area contributed by atoms with Gasteiger partial charge in [0.15, 0.2) is 30.8 Å². The van der Waals surface area contributed by atoms with Crippen LogP contribution in [0.5, 0.6) is 17.2 Å². The summed E-state index contributed by atoms with van der Waals surface area (Å²) in [6.07, 6.45) is 17.8. The second-order valence-electron chi connectivity index (χ2n) is 10.7. The minimum absolute atomic E-state index is 0. The predicted molar refractivity (Wildman–Crippen MR) is 168 cm³/mol. The number of hydrogen-bond donors (Lipinski definition) is 1. The molecule has 0 aliphatic rings. The SMILES string of the molecule is CCCCCCCCCCCCCCOc1cc(OCC(=O)Nc2ccccc2C[n+]2csc(C)c2)ccc1OC.[Br-]. The number of methoxy groups -OCH3 is 1. The molecule has 42 heavy (non-hydrogen) atoms. The molecule has 0 radical (unpaired) electrons. The Morgan fingerprint density at radius 2 is 1.52 bits per heavy atom. The lowest BCUT2D eigenvalue weighted by atomic mass is 10.1. The number of carbonyl (C=O) groups excluding carboxylic acids is 1. The maximum absolute atomic E-state index is 12.7. The molecule has 0 unspecified atom stereocenters. The molecular formula is C34H49BrN2O4S. The van der Waals surface area contributed by atoms with Crippen molar-refractivity contribution in [3.05, 3.63) is 64.6 Å². The number of para-hydroxylation sites is 1. The molecule has 0 saturated heterocycles. The quantitative estimate of drug-likeness (QED) is 0.121. The van der Waals surface area contributed by atoms with E-state index in [0.29, 0.717) is 30.4 Å². The Hall–Kier alpha value is -2.58. The van der Waals surface area contributed by atoms with Crippen molar-refractivity contribution in [2.75, 3.05) is 25.6 Å². The minimum atomic E-state index is -0.210. The van der Waals surface area contributed by atoms with Gasteiger partial charge in [-0.05, 0) is 31.5 Å². The molecule has 0 atom stereocenters. The number of nitrogens with one attached hydrogen (secondary N) is 1. The largest absolute Gasteiger partial charge is 1.00 e. The summed E-state index contributed by atoms with van der Waals surface area (Å²) in [6, 6.07) is 13.3. The lowest BCUT2D eigenvalue weighted by Crippen LogP contribution is -3.00. The molecule has 0 fully saturated rings. The third-order valence-corrected chi connectivity index (χ3v) is 7.98. The Balaban J connectivity index is 0.00000616. The van der Waals surface area contributed by atoms with Crippen LogP contribution in [0.2, 0.25) is 0 Å². The maximum Gasteiger partial charge on any atom is 0.262 e. The molecule has 3 rings (SSSR count). The zero-order chi connectivity index (χ0) is 29.1. The van der Waals surface area contributed by atoms with Crippen molar-refractivity contribution in [1.29, 1.82) is 0 Å². The van der Waals surface area contributed by atoms with Crippen LogP contribution in [0.4, 0.5) is 5.69 Å². The number of carbonyl (C=O) groups is 1. The number of hydrogen-bond acceptors (Lipinski definition) is 5. The highest BCUT2D eigenvalue weighted by atomic mass is 79.9. The van der Waals surface area contributed by atoms with Crippen LogP contribution in [0, 0.1) is 6.92 Å². The Morgan fingerprint density at radius 1 is 0.857 bits per heavy atom. The van der Waals surface area contributed by atoms with Crippen LogP contribution in [0.3, 0.4) is 0 Å². The highest BCUT2D eigenvalue weighted by Gasteiger charge is 2.13. The normalized spacial score (nSPS) is 10.6. The number of amides is 1. The van der Waals surface area contributed by atoms with E-state index in [0.717, 1.165) is 17.7 Å². The fraction of sp³-hybridized carbons (Fsp3) is 0.529. The van der Waals surface area contributed by atoms with Gasteiger partial charge < -0.3 is 36.5 Å². The number of ether oxygens (including phenoxy) is 3. The smallest absolute Gasteiger partial charge is 0.262 e. The van der Waals surface area contributed by atoms with Crippen LogP contribution < -0.4 is 41.1 Å². The molecule has 6 nitrogen and oxygen atoms in total. The van der Waals surface area contributed by atoms with Gasteiger partial charge in [0.25, 0.3) is 5.91 Å². The van der Waals surface area contributed by atoms with E-state index in [1.54, 1.807) is 30.6 Å². The molecular weight excluding hydrogens is 612 g/mol. The van der Waals surface area contributed by atoms with E-state index < -0.39 is 0 Å². The van der Waals surface area contributed by atoms with Gasteiger partial charge in [0, 0.05) is 11.6 Å². The summed E-state index contributed by atoms with van der Waals surface area (Å²) in [7, 11) is 1.63. The van der Waals surface area contributed by atoms with Crippen molar-refractivity contribution in [1.82, 2.24) is 0 Å². The fourth-order valence-electron chi connectivity index (χ4n) is 4.82. The molecule has 1 aromatic heterocycles. The van der Waals surface area contributed by atoms with Crippen LogP contribution in [0.15, 0.2) is 54.2 Å². The fourth-order valence-corrected chi connectivity index (χ4v) is 5.46. The highest BCUT2D eigenvalue weighted by molar-refractivity contribution is 7.09. The summed E-state index contributed by atoms with van der Waals surface area (Å²) in [5.41, 5.74) is 3.92. The molecule has 0 aliphatic heterocycles. The van der Waals surface area contributed by atoms with Gasteiger partial charge in [0.2, 0.25) is 5.51 Å². The molecule has 0 spiro atoms. The van der Waals surface area contributed by atoms with Gasteiger partial charge in [0.1, 0.15) is 5.75 Å². The lowest BCUT2D eigenvalue weighted by Gasteiger charge is -2.13. The first-order chi connectivity index (χ1) is 20.1. The van der Waals surface area contributed by atoms with Gasteiger partial charge in [0.05, 0.1) is 24.3 Å². The topological polar surface area (TPSA) is 60.7 Å². The van der Waals surface area contributed by atoms with E-state index in [2.05, 4.69) is 35.4 Å². The molecule has 8 heteroatoms. The third-order valence-electron chi connectivity index (χ3n) is 7.13. The first-order valence-electron chi connectivity index (χ1n) is 15.3. The zero-order valence-electron chi connectivity index (χ0n) is 25.7. The van der Waals surface area contributed by atoms with Crippen molar-refractivity contribution in [3.63, 3.8) is 0 Å². The molecule has 0 bridgehead atoms. The molecule has 1 amide bonds. The van der Waals surface area contributed by atoms with Gasteiger partial charge in [-0.3, -0.25) is 4.79 Å². The van der Waals surface area contributed by atoms with Crippen molar-refractivity contribution >= 4 is 22.9 Å². The average molecular weight is 662 g/mol. The van der Waals surface area contributed by atoms with Crippen LogP contribution in [0.25, 0.3) is 0 Å². The Bertz CT molecular complexity index is 1170. The van der Waals surface area contributed by atoms with Crippen molar-refractivity contribution < 1.29 is 40.6 Å². The number of rotatable bonds is 21. The van der Waals surface area contributed by atoms with Crippen molar-refractivity contribution in [2.45, 2.75) is 97.4 Å². The molecule has 0 saturated carbocycles. The summed E-state index contributed by atoms with van der Waals surface area (Å²) in [4.78, 5) is 14.0. The van der Waals surface area contributed by atoms with Gasteiger partial charge in [-0.15, -0.1) is 0 Å². The molecule has 1 N–H and O–H groups in total. The van der Waals surface area contributed by atoms with E-state index in [4.69, 9.17) is 14.2 Å². The van der Waals surface area contributed by atoms with Gasteiger partial charge in [-0.25, -0.2) is 0 Å². The number of aryl methyl sites for hydroxylation is 1. The summed E-state index contributed by atoms with van der Waals surface area (Å²) in [5, 5.41) is 3.00. The first kappa shape index (κ1) is 35.6. The summed E-state index contributed by atoms with van der Waals surface area (Å²) < 4.78 is 19.4. The van der Waals surface area contributed by atoms with E-state index in [-0.39, 0.29) is 29.5 Å². The predicted octanol–water partition coefficient (Wildman–Crippen LogP) is 5.50. The van der Waals surface area contributed by atoms with Crippen LogP contribution in [-0.2, 0) is 11.3 Å². The first-order valence-corrected chi connectivity index (χ1v) is 16.2. The van der Waals surface area contributed by atoms with E-state index >= 15 is 0 Å². The number of unbranched alkanes of at least 4 members (excludes halogenated alkanes) is 11. The zero-order valence-corrected chi connectivity index (χ0v) is 28.1. The number of benzene rings is 2. The lowest BCUT2D eigenvalue weighted by molar-refractivity contribution is -0.683. The maximum atomic E-state index is 12.7. The Morgan fingerprint density at radius 3 is 2.17 bits per heavy atom. The number of aromatic nitrogens is 1. The monoisotopic (exact) mass is 660 g/mol. The summed E-state index contributed by atoms with van der Waals surface area (Å²) in [6.45, 7) is 5.59. The molecule has 1 heterocycles. The van der Waals surface area contributed by atoms with Crippen LogP contribution in [-0.4, -0.2) is 26.2 Å². The van der Waals surface area contributed by atoms with E-state index in [1.807, 2.05) is 30.3 Å². The average Bonchev–Trinajstić information content (AvgIpc) is 3.39. The minimum Gasteiger partial charge on any atom is -1.00 e. The molecule has 2 aromatic carbocycles. The molecule has 232 valence electrons. The van der Waals surface area contributed by atoms with Crippen molar-refractivity contribution in [2.24, 2.45) is 0 Å². The van der Waals surface area contributed by atoms with Gasteiger partial charge in [-0.2, -0.15) is 4.57 Å². The highest BCUT2D eigenvalue weighted by Crippen LogP contribution is 2.31. The summed E-state index contributed by atoms with van der Waals surface area (Å²) >= 11 is 1.70. The molecule has 3 aromatic rings. The summed E-state index contributed by atoms with van der Waals surface area (Å²) in [5.74, 6) is 1.67. The second kappa shape index (κ2) is 21.2. The standard InChI is InChI=1S/C34H48N2O4S.BrH/c1-4-5-6-7-8-9-10-11-12-13-14-17-22-39-33-23-30(20-21-32(33)38-3)40-26-34(37)35-31-19-16-15-18-29(31)25-36-24-28(2)41-27-36;/h15-16,18-21,23-24,27H,4-14,17,22,25-26H2,1-3H3;1H. The van der Waals surface area contributed by atoms with Crippen molar-refractivity contribution in [3.8, 4) is 17.2 Å². The van der Waals surface area contributed by atoms with Gasteiger partial charge in [-0.1, -0.05) is 107 Å². The number of anilines is 1.